The van der Waals surface area contributed by atoms with Gasteiger partial charge in [0.05, 0.1) is 0 Å². The highest BCUT2D eigenvalue weighted by molar-refractivity contribution is 5.94. The van der Waals surface area contributed by atoms with E-state index in [9.17, 15) is 4.79 Å². The van der Waals surface area contributed by atoms with Crippen LogP contribution in [0.1, 0.15) is 35.7 Å². The number of hydrogen-bond donors (Lipinski definition) is 1. The summed E-state index contributed by atoms with van der Waals surface area (Å²) in [6.07, 6.45) is 8.23. The summed E-state index contributed by atoms with van der Waals surface area (Å²) < 4.78 is 2.03. The highest BCUT2D eigenvalue weighted by Crippen LogP contribution is 2.23. The second kappa shape index (κ2) is 7.53. The van der Waals surface area contributed by atoms with Gasteiger partial charge in [0.15, 0.2) is 0 Å². The Bertz CT molecular complexity index is 945. The van der Waals surface area contributed by atoms with Gasteiger partial charge < -0.3 is 9.72 Å². The Morgan fingerprint density at radius 3 is 2.85 bits per heavy atom. The molecule has 0 saturated carbocycles. The second-order valence-corrected chi connectivity index (χ2v) is 7.28. The molecule has 0 bridgehead atoms. The Balaban J connectivity index is 1.45. The lowest BCUT2D eigenvalue weighted by molar-refractivity contribution is 0.0941. The van der Waals surface area contributed by atoms with E-state index in [4.69, 9.17) is 0 Å². The Kier molecular flexibility index (Phi) is 4.94. The molecule has 5 heteroatoms. The van der Waals surface area contributed by atoms with Gasteiger partial charge in [-0.1, -0.05) is 19.1 Å². The minimum absolute atomic E-state index is 0.00532. The number of likely N-dealkylation sites (tertiary alicyclic amines) is 1. The molecule has 1 saturated heterocycles. The molecule has 3 heterocycles. The van der Waals surface area contributed by atoms with Gasteiger partial charge in [-0.05, 0) is 67.7 Å². The zero-order chi connectivity index (χ0) is 18.8. The molecule has 1 atom stereocenters. The maximum absolute atomic E-state index is 12.5. The maximum atomic E-state index is 12.5. The summed E-state index contributed by atoms with van der Waals surface area (Å²) in [5, 5.41) is 3.10. The van der Waals surface area contributed by atoms with E-state index in [1.54, 1.807) is 0 Å². The molecule has 3 aromatic rings. The fourth-order valence-corrected chi connectivity index (χ4v) is 4.03. The van der Waals surface area contributed by atoms with Crippen LogP contribution < -0.4 is 5.32 Å². The van der Waals surface area contributed by atoms with Crippen LogP contribution in [0.4, 0.5) is 0 Å². The predicted molar refractivity (Wildman–Crippen MR) is 108 cm³/mol. The lowest BCUT2D eigenvalue weighted by atomic mass is 10.0. The van der Waals surface area contributed by atoms with Gasteiger partial charge in [0.2, 0.25) is 0 Å². The van der Waals surface area contributed by atoms with Crippen LogP contribution in [0.5, 0.6) is 0 Å². The Morgan fingerprint density at radius 2 is 2.07 bits per heavy atom. The standard InChI is InChI=1S/C22H26N4O/c1-3-25-11-4-5-20(25)14-24-22(27)18-8-6-17(7-9-18)19-13-16(2)21-23-10-12-26(21)15-19/h6-10,12-13,15,20H,3-5,11,14H2,1-2H3,(H,24,27). The van der Waals surface area contributed by atoms with Gasteiger partial charge >= 0.3 is 0 Å². The SMILES string of the molecule is CCN1CCCC1CNC(=O)c1ccc(-c2cc(C)c3nccn3c2)cc1. The van der Waals surface area contributed by atoms with Crippen LogP contribution in [0.3, 0.4) is 0 Å². The molecular weight excluding hydrogens is 336 g/mol. The summed E-state index contributed by atoms with van der Waals surface area (Å²) in [6, 6.07) is 10.5. The Hall–Kier alpha value is -2.66. The van der Waals surface area contributed by atoms with Crippen molar-refractivity contribution in [2.45, 2.75) is 32.7 Å². The van der Waals surface area contributed by atoms with Crippen molar-refractivity contribution < 1.29 is 4.79 Å². The van der Waals surface area contributed by atoms with E-state index in [0.29, 0.717) is 11.6 Å². The second-order valence-electron chi connectivity index (χ2n) is 7.28. The van der Waals surface area contributed by atoms with E-state index in [1.165, 1.54) is 12.8 Å². The van der Waals surface area contributed by atoms with Crippen LogP contribution in [-0.4, -0.2) is 45.9 Å². The molecule has 1 fully saturated rings. The van der Waals surface area contributed by atoms with Crippen LogP contribution in [0.15, 0.2) is 48.9 Å². The lowest BCUT2D eigenvalue weighted by Crippen LogP contribution is -2.40. The summed E-state index contributed by atoms with van der Waals surface area (Å²) in [7, 11) is 0. The van der Waals surface area contributed by atoms with Crippen molar-refractivity contribution >= 4 is 11.6 Å². The fourth-order valence-electron chi connectivity index (χ4n) is 4.03. The topological polar surface area (TPSA) is 49.6 Å². The van der Waals surface area contributed by atoms with Gasteiger partial charge in [-0.3, -0.25) is 9.69 Å². The first-order valence-electron chi connectivity index (χ1n) is 9.71. The number of aryl methyl sites for hydroxylation is 1. The number of nitrogens with zero attached hydrogens (tertiary/aromatic N) is 3. The number of carbonyl (C=O) groups is 1. The highest BCUT2D eigenvalue weighted by atomic mass is 16.1. The lowest BCUT2D eigenvalue weighted by Gasteiger charge is -2.22. The largest absolute Gasteiger partial charge is 0.350 e. The molecule has 0 aliphatic carbocycles. The number of carbonyl (C=O) groups excluding carboxylic acids is 1. The van der Waals surface area contributed by atoms with Crippen molar-refractivity contribution in [1.29, 1.82) is 0 Å². The molecule has 1 unspecified atom stereocenters. The van der Waals surface area contributed by atoms with Crippen molar-refractivity contribution in [2.24, 2.45) is 0 Å². The van der Waals surface area contributed by atoms with Crippen LogP contribution in [0.2, 0.25) is 0 Å². The van der Waals surface area contributed by atoms with Gasteiger partial charge in [0.25, 0.3) is 5.91 Å². The minimum atomic E-state index is 0.00532. The van der Waals surface area contributed by atoms with E-state index in [1.807, 2.05) is 41.1 Å². The quantitative estimate of drug-likeness (QED) is 0.755. The van der Waals surface area contributed by atoms with Crippen molar-refractivity contribution in [3.8, 4) is 11.1 Å². The minimum Gasteiger partial charge on any atom is -0.350 e. The number of fused-ring (bicyclic) bond motifs is 1. The summed E-state index contributed by atoms with van der Waals surface area (Å²) in [4.78, 5) is 19.3. The molecule has 0 radical (unpaired) electrons. The first-order valence-corrected chi connectivity index (χ1v) is 9.71. The summed E-state index contributed by atoms with van der Waals surface area (Å²) in [6.45, 7) is 7.17. The average Bonchev–Trinajstić information content (AvgIpc) is 3.35. The van der Waals surface area contributed by atoms with Gasteiger partial charge in [0.1, 0.15) is 5.65 Å². The number of imidazole rings is 1. The van der Waals surface area contributed by atoms with Crippen molar-refractivity contribution in [2.75, 3.05) is 19.6 Å². The monoisotopic (exact) mass is 362 g/mol. The number of aromatic nitrogens is 2. The van der Waals surface area contributed by atoms with E-state index in [0.717, 1.165) is 42.0 Å². The number of benzene rings is 1. The molecule has 0 spiro atoms. The molecule has 5 nitrogen and oxygen atoms in total. The number of amides is 1. The Labute approximate surface area is 160 Å². The molecule has 1 aliphatic rings. The normalized spacial score (nSPS) is 17.5. The number of likely N-dealkylation sites (N-methyl/N-ethyl adjacent to an activating group) is 1. The third-order valence-corrected chi connectivity index (χ3v) is 5.56. The first-order chi connectivity index (χ1) is 13.2. The van der Waals surface area contributed by atoms with Crippen LogP contribution in [0.25, 0.3) is 16.8 Å². The number of nitrogens with one attached hydrogen (secondary N) is 1. The number of pyridine rings is 1. The molecular formula is C22H26N4O. The van der Waals surface area contributed by atoms with Gasteiger partial charge in [-0.25, -0.2) is 4.98 Å². The van der Waals surface area contributed by atoms with Crippen molar-refractivity contribution in [3.05, 3.63) is 60.0 Å². The molecule has 1 aromatic carbocycles. The number of rotatable bonds is 5. The van der Waals surface area contributed by atoms with Crippen molar-refractivity contribution in [1.82, 2.24) is 19.6 Å². The molecule has 1 amide bonds. The van der Waals surface area contributed by atoms with E-state index in [2.05, 4.69) is 41.3 Å². The van der Waals surface area contributed by atoms with Crippen LogP contribution >= 0.6 is 0 Å². The summed E-state index contributed by atoms with van der Waals surface area (Å²) >= 11 is 0. The molecule has 1 N–H and O–H groups in total. The zero-order valence-corrected chi connectivity index (χ0v) is 16.0. The molecule has 27 heavy (non-hydrogen) atoms. The van der Waals surface area contributed by atoms with Crippen LogP contribution in [0, 0.1) is 6.92 Å². The van der Waals surface area contributed by atoms with Crippen molar-refractivity contribution in [3.63, 3.8) is 0 Å². The predicted octanol–water partition coefficient (Wildman–Crippen LogP) is 3.52. The third-order valence-electron chi connectivity index (χ3n) is 5.56. The van der Waals surface area contributed by atoms with E-state index in [-0.39, 0.29) is 5.91 Å². The summed E-state index contributed by atoms with van der Waals surface area (Å²) in [5.74, 6) is 0.00532. The fraction of sp³-hybridized carbons (Fsp3) is 0.364. The summed E-state index contributed by atoms with van der Waals surface area (Å²) in [5.41, 5.74) is 5.03. The highest BCUT2D eigenvalue weighted by Gasteiger charge is 2.23. The molecule has 1 aliphatic heterocycles. The van der Waals surface area contributed by atoms with Gasteiger partial charge in [0, 0.05) is 36.7 Å². The third kappa shape index (κ3) is 3.60. The average molecular weight is 362 g/mol. The molecule has 140 valence electrons. The first kappa shape index (κ1) is 17.7. The maximum Gasteiger partial charge on any atom is 0.251 e. The number of hydrogen-bond acceptors (Lipinski definition) is 3. The van der Waals surface area contributed by atoms with Gasteiger partial charge in [-0.15, -0.1) is 0 Å². The van der Waals surface area contributed by atoms with Crippen LogP contribution in [-0.2, 0) is 0 Å². The smallest absolute Gasteiger partial charge is 0.251 e. The molecule has 4 rings (SSSR count). The zero-order valence-electron chi connectivity index (χ0n) is 16.0. The Morgan fingerprint density at radius 1 is 1.26 bits per heavy atom. The molecule has 2 aromatic heterocycles. The van der Waals surface area contributed by atoms with E-state index >= 15 is 0 Å². The van der Waals surface area contributed by atoms with E-state index < -0.39 is 0 Å². The van der Waals surface area contributed by atoms with Gasteiger partial charge in [-0.2, -0.15) is 0 Å².